The van der Waals surface area contributed by atoms with Gasteiger partial charge in [-0.1, -0.05) is 53.9 Å². The highest BCUT2D eigenvalue weighted by Crippen LogP contribution is 2.29. The largest absolute Gasteiger partial charge is 0.324 e. The summed E-state index contributed by atoms with van der Waals surface area (Å²) in [5.41, 5.74) is 0.215. The highest BCUT2D eigenvalue weighted by Gasteiger charge is 2.09. The van der Waals surface area contributed by atoms with Gasteiger partial charge in [0.1, 0.15) is 5.82 Å². The zero-order chi connectivity index (χ0) is 15.8. The Bertz CT molecular complexity index is 621. The summed E-state index contributed by atoms with van der Waals surface area (Å²) in [5.74, 6) is 0.991. The summed E-state index contributed by atoms with van der Waals surface area (Å²) in [7, 11) is 0. The SMILES string of the molecule is CCCSc1nnc(SCCC(=O)Nc2ccccc2F)s1. The Balaban J connectivity index is 1.73. The number of benzene rings is 1. The molecule has 118 valence electrons. The zero-order valence-electron chi connectivity index (χ0n) is 12.0. The van der Waals surface area contributed by atoms with E-state index in [1.165, 1.54) is 17.8 Å². The quantitative estimate of drug-likeness (QED) is 0.714. The molecule has 0 aliphatic carbocycles. The van der Waals surface area contributed by atoms with E-state index >= 15 is 0 Å². The molecule has 2 rings (SSSR count). The van der Waals surface area contributed by atoms with Crippen molar-refractivity contribution in [2.24, 2.45) is 0 Å². The summed E-state index contributed by atoms with van der Waals surface area (Å²) < 4.78 is 15.2. The molecule has 0 fully saturated rings. The van der Waals surface area contributed by atoms with Gasteiger partial charge in [-0.2, -0.15) is 0 Å². The van der Waals surface area contributed by atoms with Crippen LogP contribution in [-0.4, -0.2) is 27.6 Å². The fraction of sp³-hybridized carbons (Fsp3) is 0.357. The van der Waals surface area contributed by atoms with Crippen molar-refractivity contribution in [3.05, 3.63) is 30.1 Å². The van der Waals surface area contributed by atoms with Crippen molar-refractivity contribution in [3.8, 4) is 0 Å². The van der Waals surface area contributed by atoms with Gasteiger partial charge >= 0.3 is 0 Å². The number of nitrogens with zero attached hydrogens (tertiary/aromatic N) is 2. The minimum atomic E-state index is -0.426. The molecule has 2 aromatic rings. The lowest BCUT2D eigenvalue weighted by Crippen LogP contribution is -2.13. The van der Waals surface area contributed by atoms with Crippen LogP contribution in [0.1, 0.15) is 19.8 Å². The van der Waals surface area contributed by atoms with Crippen molar-refractivity contribution in [1.82, 2.24) is 10.2 Å². The van der Waals surface area contributed by atoms with Crippen LogP contribution in [0.5, 0.6) is 0 Å². The Morgan fingerprint density at radius 1 is 1.23 bits per heavy atom. The van der Waals surface area contributed by atoms with E-state index in [1.807, 2.05) is 0 Å². The van der Waals surface area contributed by atoms with Crippen LogP contribution in [0.2, 0.25) is 0 Å². The fourth-order valence-corrected chi connectivity index (χ4v) is 4.46. The molecule has 0 aliphatic heterocycles. The number of thioether (sulfide) groups is 2. The number of hydrogen-bond acceptors (Lipinski definition) is 6. The third-order valence-corrected chi connectivity index (χ3v) is 5.92. The molecular formula is C14H16FN3OS3. The number of carbonyl (C=O) groups is 1. The molecule has 1 N–H and O–H groups in total. The summed E-state index contributed by atoms with van der Waals surface area (Å²) >= 11 is 4.73. The van der Waals surface area contributed by atoms with Crippen molar-refractivity contribution in [2.45, 2.75) is 28.4 Å². The Labute approximate surface area is 141 Å². The van der Waals surface area contributed by atoms with Crippen LogP contribution in [0.4, 0.5) is 10.1 Å². The van der Waals surface area contributed by atoms with Gasteiger partial charge in [-0.15, -0.1) is 10.2 Å². The first-order valence-corrected chi connectivity index (χ1v) is 9.61. The summed E-state index contributed by atoms with van der Waals surface area (Å²) in [6.07, 6.45) is 1.40. The number of amides is 1. The number of nitrogens with one attached hydrogen (secondary N) is 1. The van der Waals surface area contributed by atoms with E-state index in [9.17, 15) is 9.18 Å². The van der Waals surface area contributed by atoms with Gasteiger partial charge in [-0.25, -0.2) is 4.39 Å². The highest BCUT2D eigenvalue weighted by molar-refractivity contribution is 8.03. The fourth-order valence-electron chi connectivity index (χ4n) is 1.51. The van der Waals surface area contributed by atoms with Crippen molar-refractivity contribution < 1.29 is 9.18 Å². The van der Waals surface area contributed by atoms with Crippen LogP contribution in [0.3, 0.4) is 0 Å². The number of halogens is 1. The maximum absolute atomic E-state index is 13.4. The number of aromatic nitrogens is 2. The Hall–Kier alpha value is -1.12. The molecule has 1 amide bonds. The Kier molecular flexibility index (Phi) is 7.14. The molecule has 0 bridgehead atoms. The summed E-state index contributed by atoms with van der Waals surface area (Å²) in [5, 5.41) is 10.7. The van der Waals surface area contributed by atoms with Crippen molar-refractivity contribution >= 4 is 46.5 Å². The van der Waals surface area contributed by atoms with Gasteiger partial charge in [0.2, 0.25) is 5.91 Å². The van der Waals surface area contributed by atoms with E-state index in [4.69, 9.17) is 0 Å². The highest BCUT2D eigenvalue weighted by atomic mass is 32.2. The van der Waals surface area contributed by atoms with Crippen molar-refractivity contribution in [3.63, 3.8) is 0 Å². The standard InChI is InChI=1S/C14H16FN3OS3/c1-2-8-20-13-17-18-14(22-13)21-9-7-12(19)16-11-6-4-3-5-10(11)15/h3-6H,2,7-9H2,1H3,(H,16,19). The molecule has 22 heavy (non-hydrogen) atoms. The Morgan fingerprint density at radius 2 is 1.91 bits per heavy atom. The van der Waals surface area contributed by atoms with Gasteiger partial charge in [-0.05, 0) is 18.6 Å². The lowest BCUT2D eigenvalue weighted by molar-refractivity contribution is -0.115. The zero-order valence-corrected chi connectivity index (χ0v) is 14.5. The van der Waals surface area contributed by atoms with E-state index in [0.717, 1.165) is 20.9 Å². The van der Waals surface area contributed by atoms with Crippen LogP contribution >= 0.6 is 34.9 Å². The number of para-hydroxylation sites is 1. The molecule has 0 saturated heterocycles. The van der Waals surface area contributed by atoms with Gasteiger partial charge in [0.15, 0.2) is 8.68 Å². The summed E-state index contributed by atoms with van der Waals surface area (Å²) in [4.78, 5) is 11.8. The number of carbonyl (C=O) groups excluding carboxylic acids is 1. The second-order valence-electron chi connectivity index (χ2n) is 4.31. The number of anilines is 1. The van der Waals surface area contributed by atoms with Crippen molar-refractivity contribution in [2.75, 3.05) is 16.8 Å². The minimum absolute atomic E-state index is 0.206. The van der Waals surface area contributed by atoms with Crippen LogP contribution in [0, 0.1) is 5.82 Å². The molecule has 0 radical (unpaired) electrons. The van der Waals surface area contributed by atoms with Crippen molar-refractivity contribution in [1.29, 1.82) is 0 Å². The van der Waals surface area contributed by atoms with Gasteiger partial charge < -0.3 is 5.32 Å². The van der Waals surface area contributed by atoms with Gasteiger partial charge in [-0.3, -0.25) is 4.79 Å². The predicted molar refractivity (Wildman–Crippen MR) is 91.3 cm³/mol. The molecule has 0 atom stereocenters. The monoisotopic (exact) mass is 357 g/mol. The molecule has 0 aliphatic rings. The predicted octanol–water partition coefficient (Wildman–Crippen LogP) is 4.30. The molecule has 4 nitrogen and oxygen atoms in total. The van der Waals surface area contributed by atoms with Gasteiger partial charge in [0, 0.05) is 17.9 Å². The minimum Gasteiger partial charge on any atom is -0.324 e. The third-order valence-electron chi connectivity index (χ3n) is 2.52. The number of hydrogen-bond donors (Lipinski definition) is 1. The first-order valence-electron chi connectivity index (χ1n) is 6.82. The smallest absolute Gasteiger partial charge is 0.225 e. The van der Waals surface area contributed by atoms with E-state index in [-0.39, 0.29) is 11.6 Å². The number of rotatable bonds is 8. The molecule has 0 spiro atoms. The molecule has 8 heteroatoms. The van der Waals surface area contributed by atoms with E-state index in [2.05, 4.69) is 22.4 Å². The molecular weight excluding hydrogens is 341 g/mol. The summed E-state index contributed by atoms with van der Waals surface area (Å²) in [6.45, 7) is 2.12. The van der Waals surface area contributed by atoms with Crippen LogP contribution < -0.4 is 5.32 Å². The van der Waals surface area contributed by atoms with Gasteiger partial charge in [0.05, 0.1) is 5.69 Å². The lowest BCUT2D eigenvalue weighted by atomic mass is 10.3. The molecule has 1 heterocycles. The Morgan fingerprint density at radius 3 is 2.59 bits per heavy atom. The first kappa shape index (κ1) is 17.2. The lowest BCUT2D eigenvalue weighted by Gasteiger charge is -2.05. The second kappa shape index (κ2) is 9.12. The van der Waals surface area contributed by atoms with E-state index in [1.54, 1.807) is 41.3 Å². The molecule has 1 aromatic carbocycles. The molecule has 0 saturated carbocycles. The first-order chi connectivity index (χ1) is 10.7. The van der Waals surface area contributed by atoms with E-state index in [0.29, 0.717) is 12.2 Å². The maximum atomic E-state index is 13.4. The molecule has 1 aromatic heterocycles. The van der Waals surface area contributed by atoms with Crippen LogP contribution in [0.15, 0.2) is 32.9 Å². The summed E-state index contributed by atoms with van der Waals surface area (Å²) in [6, 6.07) is 6.14. The second-order valence-corrected chi connectivity index (χ2v) is 7.97. The van der Waals surface area contributed by atoms with Crippen LogP contribution in [0.25, 0.3) is 0 Å². The van der Waals surface area contributed by atoms with Crippen LogP contribution in [-0.2, 0) is 4.79 Å². The maximum Gasteiger partial charge on any atom is 0.225 e. The van der Waals surface area contributed by atoms with Gasteiger partial charge in [0.25, 0.3) is 0 Å². The molecule has 0 unspecified atom stereocenters. The topological polar surface area (TPSA) is 54.9 Å². The average Bonchev–Trinajstić information content (AvgIpc) is 2.95. The van der Waals surface area contributed by atoms with E-state index < -0.39 is 5.82 Å². The third kappa shape index (κ3) is 5.58. The normalized spacial score (nSPS) is 10.6. The average molecular weight is 358 g/mol.